The third-order valence-electron chi connectivity index (χ3n) is 5.13. The summed E-state index contributed by atoms with van der Waals surface area (Å²) in [5.74, 6) is 1.79. The first-order chi connectivity index (χ1) is 7.98. The highest BCUT2D eigenvalue weighted by atomic mass is 15.1. The summed E-state index contributed by atoms with van der Waals surface area (Å²) >= 11 is 0. The summed E-state index contributed by atoms with van der Waals surface area (Å²) in [5.41, 5.74) is 0.598. The molecule has 2 fully saturated rings. The van der Waals surface area contributed by atoms with Gasteiger partial charge in [0.1, 0.15) is 0 Å². The molecule has 1 atom stereocenters. The Kier molecular flexibility index (Phi) is 4.14. The number of nitrogens with zero attached hydrogens (tertiary/aromatic N) is 1. The summed E-state index contributed by atoms with van der Waals surface area (Å²) in [7, 11) is 2.34. The lowest BCUT2D eigenvalue weighted by molar-refractivity contribution is 0.0981. The maximum atomic E-state index is 3.39. The second-order valence-corrected chi connectivity index (χ2v) is 7.23. The highest BCUT2D eigenvalue weighted by Gasteiger charge is 2.31. The Labute approximate surface area is 107 Å². The lowest BCUT2D eigenvalue weighted by atomic mass is 9.75. The van der Waals surface area contributed by atoms with Gasteiger partial charge in [-0.05, 0) is 63.1 Å². The molecule has 2 aliphatic rings. The molecule has 0 bridgehead atoms. The molecule has 1 aliphatic heterocycles. The number of hydrogen-bond acceptors (Lipinski definition) is 2. The van der Waals surface area contributed by atoms with Crippen LogP contribution in [-0.2, 0) is 0 Å². The van der Waals surface area contributed by atoms with Gasteiger partial charge in [0, 0.05) is 12.6 Å². The zero-order valence-electron chi connectivity index (χ0n) is 12.1. The second kappa shape index (κ2) is 5.27. The van der Waals surface area contributed by atoms with Crippen LogP contribution in [0.4, 0.5) is 0 Å². The monoisotopic (exact) mass is 238 g/mol. The summed E-state index contributed by atoms with van der Waals surface area (Å²) in [6.07, 6.45) is 5.61. The molecule has 1 unspecified atom stereocenters. The van der Waals surface area contributed by atoms with Crippen LogP contribution in [0.2, 0.25) is 0 Å². The molecule has 1 N–H and O–H groups in total. The second-order valence-electron chi connectivity index (χ2n) is 7.23. The zero-order chi connectivity index (χ0) is 12.5. The lowest BCUT2D eigenvalue weighted by Crippen LogP contribution is -2.49. The smallest absolute Gasteiger partial charge is 0.00927 e. The quantitative estimate of drug-likeness (QED) is 0.810. The molecule has 17 heavy (non-hydrogen) atoms. The first-order valence-corrected chi connectivity index (χ1v) is 7.39. The van der Waals surface area contributed by atoms with E-state index in [-0.39, 0.29) is 0 Å². The van der Waals surface area contributed by atoms with E-state index in [1.165, 1.54) is 45.3 Å². The summed E-state index contributed by atoms with van der Waals surface area (Å²) < 4.78 is 0. The molecule has 2 rings (SSSR count). The van der Waals surface area contributed by atoms with Crippen molar-refractivity contribution >= 4 is 0 Å². The first kappa shape index (κ1) is 13.4. The normalized spacial score (nSPS) is 28.1. The first-order valence-electron chi connectivity index (χ1n) is 7.39. The van der Waals surface area contributed by atoms with Gasteiger partial charge in [0.05, 0.1) is 0 Å². The van der Waals surface area contributed by atoms with Gasteiger partial charge in [-0.3, -0.25) is 0 Å². The number of hydrogen-bond donors (Lipinski definition) is 1. The molecule has 0 aromatic rings. The summed E-state index contributed by atoms with van der Waals surface area (Å²) in [4.78, 5) is 2.64. The van der Waals surface area contributed by atoms with Gasteiger partial charge in [-0.1, -0.05) is 20.8 Å². The van der Waals surface area contributed by atoms with Crippen LogP contribution < -0.4 is 5.32 Å². The van der Waals surface area contributed by atoms with Crippen LogP contribution in [0.5, 0.6) is 0 Å². The van der Waals surface area contributed by atoms with Crippen LogP contribution in [0.25, 0.3) is 0 Å². The minimum atomic E-state index is 0.598. The van der Waals surface area contributed by atoms with E-state index < -0.39 is 0 Å². The number of rotatable bonds is 4. The van der Waals surface area contributed by atoms with Crippen LogP contribution in [0.1, 0.15) is 46.5 Å². The summed E-state index contributed by atoms with van der Waals surface area (Å²) in [6.45, 7) is 11.0. The van der Waals surface area contributed by atoms with E-state index in [1.807, 2.05) is 0 Å². The van der Waals surface area contributed by atoms with Gasteiger partial charge in [0.15, 0.2) is 0 Å². The van der Waals surface area contributed by atoms with E-state index in [0.717, 1.165) is 17.9 Å². The van der Waals surface area contributed by atoms with Crippen LogP contribution in [0, 0.1) is 17.3 Å². The molecular weight excluding hydrogens is 208 g/mol. The Morgan fingerprint density at radius 3 is 2.29 bits per heavy atom. The maximum Gasteiger partial charge on any atom is 0.00927 e. The topological polar surface area (TPSA) is 15.3 Å². The molecule has 100 valence electrons. The van der Waals surface area contributed by atoms with Gasteiger partial charge in [-0.2, -0.15) is 0 Å². The van der Waals surface area contributed by atoms with Crippen LogP contribution in [-0.4, -0.2) is 37.6 Å². The predicted octanol–water partition coefficient (Wildman–Crippen LogP) is 2.74. The molecule has 2 heteroatoms. The van der Waals surface area contributed by atoms with Crippen molar-refractivity contribution in [1.82, 2.24) is 10.2 Å². The minimum absolute atomic E-state index is 0.598. The molecule has 1 aliphatic carbocycles. The van der Waals surface area contributed by atoms with Gasteiger partial charge in [0.25, 0.3) is 0 Å². The van der Waals surface area contributed by atoms with Crippen LogP contribution in [0.15, 0.2) is 0 Å². The SMILES string of the molecule is CC(CN(C)C1CCC(C)(C)CC1)C1CNC1. The van der Waals surface area contributed by atoms with Crippen molar-refractivity contribution in [2.75, 3.05) is 26.7 Å². The van der Waals surface area contributed by atoms with E-state index >= 15 is 0 Å². The van der Waals surface area contributed by atoms with Crippen molar-refractivity contribution in [1.29, 1.82) is 0 Å². The van der Waals surface area contributed by atoms with Crippen molar-refractivity contribution in [2.45, 2.75) is 52.5 Å². The average Bonchev–Trinajstić information content (AvgIpc) is 2.13. The fourth-order valence-electron chi connectivity index (χ4n) is 3.29. The minimum Gasteiger partial charge on any atom is -0.316 e. The fourth-order valence-corrected chi connectivity index (χ4v) is 3.29. The van der Waals surface area contributed by atoms with E-state index in [0.29, 0.717) is 5.41 Å². The highest BCUT2D eigenvalue weighted by molar-refractivity contribution is 4.85. The third kappa shape index (κ3) is 3.45. The predicted molar refractivity (Wildman–Crippen MR) is 74.2 cm³/mol. The molecule has 0 amide bonds. The maximum absolute atomic E-state index is 3.39. The van der Waals surface area contributed by atoms with E-state index in [1.54, 1.807) is 0 Å². The number of nitrogens with one attached hydrogen (secondary N) is 1. The van der Waals surface area contributed by atoms with Gasteiger partial charge in [0.2, 0.25) is 0 Å². The summed E-state index contributed by atoms with van der Waals surface area (Å²) in [5, 5.41) is 3.39. The van der Waals surface area contributed by atoms with Gasteiger partial charge >= 0.3 is 0 Å². The van der Waals surface area contributed by atoms with Gasteiger partial charge in [-0.25, -0.2) is 0 Å². The van der Waals surface area contributed by atoms with Crippen molar-refractivity contribution in [3.8, 4) is 0 Å². The molecular formula is C15H30N2. The largest absolute Gasteiger partial charge is 0.316 e. The highest BCUT2D eigenvalue weighted by Crippen LogP contribution is 2.36. The zero-order valence-corrected chi connectivity index (χ0v) is 12.1. The van der Waals surface area contributed by atoms with Crippen molar-refractivity contribution in [3.05, 3.63) is 0 Å². The van der Waals surface area contributed by atoms with Crippen molar-refractivity contribution in [2.24, 2.45) is 17.3 Å². The van der Waals surface area contributed by atoms with E-state index in [2.05, 4.69) is 38.0 Å². The molecule has 1 saturated heterocycles. The van der Waals surface area contributed by atoms with Crippen LogP contribution in [0.3, 0.4) is 0 Å². The van der Waals surface area contributed by atoms with Crippen LogP contribution >= 0.6 is 0 Å². The van der Waals surface area contributed by atoms with Gasteiger partial charge < -0.3 is 10.2 Å². The lowest BCUT2D eigenvalue weighted by Gasteiger charge is -2.41. The molecule has 2 nitrogen and oxygen atoms in total. The standard InChI is InChI=1S/C15H30N2/c1-12(13-9-16-10-13)11-17(4)14-5-7-15(2,3)8-6-14/h12-14,16H,5-11H2,1-4H3. The average molecular weight is 238 g/mol. The fraction of sp³-hybridized carbons (Fsp3) is 1.00. The van der Waals surface area contributed by atoms with E-state index in [9.17, 15) is 0 Å². The Balaban J connectivity index is 1.74. The molecule has 0 aromatic carbocycles. The molecule has 0 spiro atoms. The Morgan fingerprint density at radius 1 is 1.24 bits per heavy atom. The van der Waals surface area contributed by atoms with Crippen molar-refractivity contribution < 1.29 is 0 Å². The molecule has 1 heterocycles. The molecule has 0 aromatic heterocycles. The third-order valence-corrected chi connectivity index (χ3v) is 5.13. The Morgan fingerprint density at radius 2 is 1.82 bits per heavy atom. The Bertz CT molecular complexity index is 235. The summed E-state index contributed by atoms with van der Waals surface area (Å²) in [6, 6.07) is 0.846. The van der Waals surface area contributed by atoms with Gasteiger partial charge in [-0.15, -0.1) is 0 Å². The van der Waals surface area contributed by atoms with Crippen molar-refractivity contribution in [3.63, 3.8) is 0 Å². The van der Waals surface area contributed by atoms with E-state index in [4.69, 9.17) is 0 Å². The molecule has 0 radical (unpaired) electrons. The Hall–Kier alpha value is -0.0800. The molecule has 1 saturated carbocycles.